The number of nitrogens with zero attached hydrogens (tertiary/aromatic N) is 4. The number of imidazole rings is 1. The zero-order valence-electron chi connectivity index (χ0n) is 24.3. The van der Waals surface area contributed by atoms with Crippen molar-refractivity contribution in [2.24, 2.45) is 5.73 Å². The van der Waals surface area contributed by atoms with Gasteiger partial charge in [0.2, 0.25) is 17.6 Å². The first-order valence-electron chi connectivity index (χ1n) is 13.3. The predicted molar refractivity (Wildman–Crippen MR) is 152 cm³/mol. The van der Waals surface area contributed by atoms with Gasteiger partial charge in [0, 0.05) is 32.6 Å². The van der Waals surface area contributed by atoms with Gasteiger partial charge in [-0.25, -0.2) is 14.8 Å². The lowest BCUT2D eigenvalue weighted by molar-refractivity contribution is 0.0292. The molecule has 0 saturated carbocycles. The standard InChI is InChI=1S/C28H38N6O7/c1-7-19-23(40-17(2)30-19)25(37)32-26-31-20-15-18(24(29)36)16-21(22(20)34(26)12-8-9-13-35)39-14-10-11-33(6)27(38)41-28(3,4)5/h8-9,15-16,35H,7,10-14H2,1-6H3,(H2,29,36)(H,31,32,37)/b9-8+. The first-order chi connectivity index (χ1) is 19.3. The number of aryl methyl sites for hydroxylation is 2. The summed E-state index contributed by atoms with van der Waals surface area (Å²) >= 11 is 0. The summed E-state index contributed by atoms with van der Waals surface area (Å²) in [6.07, 6.45) is 3.77. The van der Waals surface area contributed by atoms with Crippen molar-refractivity contribution in [2.45, 2.75) is 59.6 Å². The van der Waals surface area contributed by atoms with Crippen LogP contribution in [0, 0.1) is 6.92 Å². The van der Waals surface area contributed by atoms with Crippen LogP contribution in [-0.2, 0) is 17.7 Å². The van der Waals surface area contributed by atoms with Crippen LogP contribution >= 0.6 is 0 Å². The number of primary amides is 1. The number of ether oxygens (including phenoxy) is 2. The maximum atomic E-state index is 13.1. The summed E-state index contributed by atoms with van der Waals surface area (Å²) in [5, 5.41) is 12.0. The molecule has 222 valence electrons. The van der Waals surface area contributed by atoms with Gasteiger partial charge in [0.05, 0.1) is 24.4 Å². The molecule has 0 aliphatic carbocycles. The number of fused-ring (bicyclic) bond motifs is 1. The lowest BCUT2D eigenvalue weighted by Gasteiger charge is -2.24. The molecule has 0 aliphatic rings. The number of carbonyl (C=O) groups excluding carboxylic acids is 3. The molecular weight excluding hydrogens is 532 g/mol. The van der Waals surface area contributed by atoms with Gasteiger partial charge in [-0.2, -0.15) is 0 Å². The van der Waals surface area contributed by atoms with Crippen molar-refractivity contribution in [3.63, 3.8) is 0 Å². The number of amides is 3. The van der Waals surface area contributed by atoms with Crippen LogP contribution in [0.15, 0.2) is 28.7 Å². The average molecular weight is 571 g/mol. The molecule has 0 spiro atoms. The van der Waals surface area contributed by atoms with E-state index in [9.17, 15) is 19.5 Å². The smallest absolute Gasteiger partial charge is 0.410 e. The van der Waals surface area contributed by atoms with Crippen LogP contribution in [-0.4, -0.2) is 74.9 Å². The van der Waals surface area contributed by atoms with Gasteiger partial charge in [-0.15, -0.1) is 0 Å². The minimum Gasteiger partial charge on any atom is -0.491 e. The second-order valence-corrected chi connectivity index (χ2v) is 10.3. The van der Waals surface area contributed by atoms with Crippen LogP contribution in [0.5, 0.6) is 5.75 Å². The molecular formula is C28H38N6O7. The summed E-state index contributed by atoms with van der Waals surface area (Å²) in [6.45, 7) is 9.51. The van der Waals surface area contributed by atoms with E-state index in [0.717, 1.165) is 0 Å². The van der Waals surface area contributed by atoms with Gasteiger partial charge >= 0.3 is 6.09 Å². The molecule has 0 aliphatic heterocycles. The Morgan fingerprint density at radius 2 is 1.95 bits per heavy atom. The average Bonchev–Trinajstić information content (AvgIpc) is 3.45. The number of nitrogens with one attached hydrogen (secondary N) is 1. The molecule has 2 aromatic heterocycles. The van der Waals surface area contributed by atoms with Crippen molar-refractivity contribution in [3.05, 3.63) is 47.2 Å². The normalized spacial score (nSPS) is 11.7. The number of hydrogen-bond donors (Lipinski definition) is 3. The molecule has 1 aromatic carbocycles. The molecule has 3 amide bonds. The number of hydrogen-bond acceptors (Lipinski definition) is 9. The highest BCUT2D eigenvalue weighted by molar-refractivity contribution is 6.04. The third-order valence-corrected chi connectivity index (χ3v) is 5.82. The van der Waals surface area contributed by atoms with Gasteiger partial charge in [0.1, 0.15) is 16.9 Å². The van der Waals surface area contributed by atoms with Crippen molar-refractivity contribution in [2.75, 3.05) is 32.1 Å². The molecule has 0 atom stereocenters. The van der Waals surface area contributed by atoms with E-state index in [1.807, 2.05) is 6.92 Å². The number of aliphatic hydroxyl groups excluding tert-OH is 1. The first kappa shape index (κ1) is 31.1. The largest absolute Gasteiger partial charge is 0.491 e. The predicted octanol–water partition coefficient (Wildman–Crippen LogP) is 3.43. The van der Waals surface area contributed by atoms with Crippen molar-refractivity contribution < 1.29 is 33.4 Å². The number of benzene rings is 1. The summed E-state index contributed by atoms with van der Waals surface area (Å²) < 4.78 is 18.6. The second kappa shape index (κ2) is 13.3. The van der Waals surface area contributed by atoms with Crippen LogP contribution in [0.4, 0.5) is 10.7 Å². The van der Waals surface area contributed by atoms with Crippen LogP contribution in [0.3, 0.4) is 0 Å². The van der Waals surface area contributed by atoms with Crippen molar-refractivity contribution in [1.29, 1.82) is 0 Å². The van der Waals surface area contributed by atoms with E-state index in [0.29, 0.717) is 47.8 Å². The Labute approximate surface area is 238 Å². The number of allylic oxidation sites excluding steroid dienone is 1. The van der Waals surface area contributed by atoms with Crippen LogP contribution < -0.4 is 15.8 Å². The third kappa shape index (κ3) is 8.07. The topological polar surface area (TPSA) is 175 Å². The summed E-state index contributed by atoms with van der Waals surface area (Å²) in [5.41, 5.74) is 6.51. The Bertz CT molecular complexity index is 1430. The van der Waals surface area contributed by atoms with Gasteiger partial charge in [-0.05, 0) is 45.7 Å². The van der Waals surface area contributed by atoms with E-state index in [1.165, 1.54) is 17.0 Å². The van der Waals surface area contributed by atoms with Crippen LogP contribution in [0.2, 0.25) is 0 Å². The van der Waals surface area contributed by atoms with E-state index in [2.05, 4.69) is 15.3 Å². The number of oxazole rings is 1. The highest BCUT2D eigenvalue weighted by atomic mass is 16.6. The SMILES string of the molecule is CCc1nc(C)oc1C(=O)Nc1nc2cc(C(N)=O)cc(OCCCN(C)C(=O)OC(C)(C)C)c2n1C/C=C/CO. The molecule has 41 heavy (non-hydrogen) atoms. The zero-order chi connectivity index (χ0) is 30.3. The Balaban J connectivity index is 1.93. The van der Waals surface area contributed by atoms with Crippen LogP contribution in [0.1, 0.15) is 66.6 Å². The Kier molecular flexibility index (Phi) is 10.1. The van der Waals surface area contributed by atoms with Gasteiger partial charge < -0.3 is 34.2 Å². The van der Waals surface area contributed by atoms with E-state index >= 15 is 0 Å². The maximum absolute atomic E-state index is 13.1. The van der Waals surface area contributed by atoms with Crippen LogP contribution in [0.25, 0.3) is 11.0 Å². The number of nitrogens with two attached hydrogens (primary N) is 1. The zero-order valence-corrected chi connectivity index (χ0v) is 24.3. The van der Waals surface area contributed by atoms with E-state index in [-0.39, 0.29) is 37.0 Å². The molecule has 0 radical (unpaired) electrons. The number of aliphatic hydroxyl groups is 1. The van der Waals surface area contributed by atoms with Gasteiger partial charge in [0.15, 0.2) is 5.89 Å². The van der Waals surface area contributed by atoms with Gasteiger partial charge in [-0.1, -0.05) is 19.1 Å². The van der Waals surface area contributed by atoms with Gasteiger partial charge in [0.25, 0.3) is 5.91 Å². The highest BCUT2D eigenvalue weighted by Gasteiger charge is 2.23. The lowest BCUT2D eigenvalue weighted by atomic mass is 10.1. The summed E-state index contributed by atoms with van der Waals surface area (Å²) in [6, 6.07) is 3.02. The maximum Gasteiger partial charge on any atom is 0.410 e. The molecule has 13 heteroatoms. The Morgan fingerprint density at radius 1 is 1.22 bits per heavy atom. The minimum absolute atomic E-state index is 0.0814. The van der Waals surface area contributed by atoms with Crippen molar-refractivity contribution in [1.82, 2.24) is 19.4 Å². The number of carbonyl (C=O) groups is 3. The van der Waals surface area contributed by atoms with E-state index in [4.69, 9.17) is 19.6 Å². The fourth-order valence-electron chi connectivity index (χ4n) is 3.97. The van der Waals surface area contributed by atoms with E-state index in [1.54, 1.807) is 51.5 Å². The lowest BCUT2D eigenvalue weighted by Crippen LogP contribution is -2.35. The molecule has 0 fully saturated rings. The summed E-state index contributed by atoms with van der Waals surface area (Å²) in [7, 11) is 1.64. The monoisotopic (exact) mass is 570 g/mol. The molecule has 4 N–H and O–H groups in total. The molecule has 2 heterocycles. The fourth-order valence-corrected chi connectivity index (χ4v) is 3.97. The molecule has 13 nitrogen and oxygen atoms in total. The minimum atomic E-state index is -0.675. The van der Waals surface area contributed by atoms with Crippen molar-refractivity contribution >= 4 is 34.9 Å². The fraction of sp³-hybridized carbons (Fsp3) is 0.464. The van der Waals surface area contributed by atoms with Gasteiger partial charge in [-0.3, -0.25) is 14.9 Å². The Hall–Kier alpha value is -4.39. The molecule has 0 saturated heterocycles. The molecule has 0 bridgehead atoms. The molecule has 0 unspecified atom stereocenters. The van der Waals surface area contributed by atoms with Crippen molar-refractivity contribution in [3.8, 4) is 5.75 Å². The second-order valence-electron chi connectivity index (χ2n) is 10.3. The number of rotatable bonds is 12. The number of aromatic nitrogens is 3. The molecule has 3 rings (SSSR count). The molecule has 3 aromatic rings. The summed E-state index contributed by atoms with van der Waals surface area (Å²) in [4.78, 5) is 47.7. The number of anilines is 1. The third-order valence-electron chi connectivity index (χ3n) is 5.82. The quantitative estimate of drug-likeness (QED) is 0.218. The Morgan fingerprint density at radius 3 is 2.59 bits per heavy atom. The first-order valence-corrected chi connectivity index (χ1v) is 13.3. The highest BCUT2D eigenvalue weighted by Crippen LogP contribution is 2.31. The van der Waals surface area contributed by atoms with E-state index < -0.39 is 23.5 Å². The summed E-state index contributed by atoms with van der Waals surface area (Å²) in [5.74, 6) is -0.283.